The monoisotopic (exact) mass is 248 g/mol. The molecular formula is C14H17FN2O. The van der Waals surface area contributed by atoms with Crippen molar-refractivity contribution in [2.24, 2.45) is 5.92 Å². The number of nitriles is 1. The topological polar surface area (TPSA) is 45.0 Å². The van der Waals surface area contributed by atoms with Gasteiger partial charge >= 0.3 is 0 Å². The SMILES string of the molecule is CC1CCNCC1OCc1cc(F)ccc1C#N. The number of halogens is 1. The van der Waals surface area contributed by atoms with Crippen LogP contribution in [-0.2, 0) is 11.3 Å². The number of benzene rings is 1. The first-order valence-corrected chi connectivity index (χ1v) is 6.21. The minimum Gasteiger partial charge on any atom is -0.372 e. The van der Waals surface area contributed by atoms with Gasteiger partial charge in [-0.25, -0.2) is 4.39 Å². The molecule has 0 spiro atoms. The molecule has 1 fully saturated rings. The van der Waals surface area contributed by atoms with Crippen molar-refractivity contribution in [1.82, 2.24) is 5.32 Å². The quantitative estimate of drug-likeness (QED) is 0.892. The Morgan fingerprint density at radius 2 is 2.39 bits per heavy atom. The summed E-state index contributed by atoms with van der Waals surface area (Å²) in [6, 6.07) is 6.23. The van der Waals surface area contributed by atoms with Crippen molar-refractivity contribution in [3.63, 3.8) is 0 Å². The summed E-state index contributed by atoms with van der Waals surface area (Å²) < 4.78 is 18.9. The molecule has 0 aromatic heterocycles. The van der Waals surface area contributed by atoms with Crippen LogP contribution < -0.4 is 5.32 Å². The molecule has 1 aliphatic heterocycles. The average Bonchev–Trinajstić information content (AvgIpc) is 2.38. The summed E-state index contributed by atoms with van der Waals surface area (Å²) in [6.45, 7) is 4.28. The maximum Gasteiger partial charge on any atom is 0.123 e. The van der Waals surface area contributed by atoms with Gasteiger partial charge in [-0.2, -0.15) is 5.26 Å². The first-order chi connectivity index (χ1) is 8.70. The molecule has 4 heteroatoms. The lowest BCUT2D eigenvalue weighted by Gasteiger charge is -2.29. The highest BCUT2D eigenvalue weighted by molar-refractivity contribution is 5.37. The normalized spacial score (nSPS) is 23.6. The Kier molecular flexibility index (Phi) is 4.29. The van der Waals surface area contributed by atoms with Crippen LogP contribution in [0.15, 0.2) is 18.2 Å². The number of nitrogens with one attached hydrogen (secondary N) is 1. The van der Waals surface area contributed by atoms with Crippen LogP contribution in [-0.4, -0.2) is 19.2 Å². The molecule has 1 N–H and O–H groups in total. The number of hydrogen-bond acceptors (Lipinski definition) is 3. The predicted molar refractivity (Wildman–Crippen MR) is 66.3 cm³/mol. The van der Waals surface area contributed by atoms with E-state index in [1.165, 1.54) is 18.2 Å². The van der Waals surface area contributed by atoms with Gasteiger partial charge in [0.05, 0.1) is 24.3 Å². The van der Waals surface area contributed by atoms with Crippen LogP contribution in [0.25, 0.3) is 0 Å². The Labute approximate surface area is 107 Å². The summed E-state index contributed by atoms with van der Waals surface area (Å²) in [4.78, 5) is 0. The zero-order valence-electron chi connectivity index (χ0n) is 10.4. The fraction of sp³-hybridized carbons (Fsp3) is 0.500. The van der Waals surface area contributed by atoms with Crippen LogP contribution in [0.1, 0.15) is 24.5 Å². The van der Waals surface area contributed by atoms with E-state index in [2.05, 4.69) is 18.3 Å². The summed E-state index contributed by atoms with van der Waals surface area (Å²) in [7, 11) is 0. The number of piperidine rings is 1. The fourth-order valence-electron chi connectivity index (χ4n) is 2.17. The molecule has 0 saturated carbocycles. The molecule has 3 nitrogen and oxygen atoms in total. The standard InChI is InChI=1S/C14H17FN2O/c1-10-4-5-17-8-14(10)18-9-12-6-13(15)3-2-11(12)7-16/h2-3,6,10,14,17H,4-5,8-9H2,1H3. The molecule has 0 radical (unpaired) electrons. The third-order valence-electron chi connectivity index (χ3n) is 3.40. The zero-order valence-corrected chi connectivity index (χ0v) is 10.4. The Hall–Kier alpha value is -1.44. The molecule has 0 aliphatic carbocycles. The van der Waals surface area contributed by atoms with Gasteiger partial charge in [-0.1, -0.05) is 6.92 Å². The highest BCUT2D eigenvalue weighted by Crippen LogP contribution is 2.18. The van der Waals surface area contributed by atoms with E-state index in [9.17, 15) is 4.39 Å². The van der Waals surface area contributed by atoms with Crippen molar-refractivity contribution in [3.05, 3.63) is 35.1 Å². The van der Waals surface area contributed by atoms with Gasteiger partial charge in [-0.3, -0.25) is 0 Å². The predicted octanol–water partition coefficient (Wildman–Crippen LogP) is 2.21. The summed E-state index contributed by atoms with van der Waals surface area (Å²) >= 11 is 0. The van der Waals surface area contributed by atoms with Crippen LogP contribution in [0.3, 0.4) is 0 Å². The number of nitrogens with zero attached hydrogens (tertiary/aromatic N) is 1. The van der Waals surface area contributed by atoms with Gasteiger partial charge < -0.3 is 10.1 Å². The van der Waals surface area contributed by atoms with Crippen molar-refractivity contribution in [2.75, 3.05) is 13.1 Å². The Bertz CT molecular complexity index is 456. The lowest BCUT2D eigenvalue weighted by atomic mass is 9.97. The largest absolute Gasteiger partial charge is 0.372 e. The second kappa shape index (κ2) is 5.94. The van der Waals surface area contributed by atoms with Crippen LogP contribution >= 0.6 is 0 Å². The van der Waals surface area contributed by atoms with Crippen molar-refractivity contribution in [2.45, 2.75) is 26.1 Å². The maximum absolute atomic E-state index is 13.1. The fourth-order valence-corrected chi connectivity index (χ4v) is 2.17. The third kappa shape index (κ3) is 3.06. The zero-order chi connectivity index (χ0) is 13.0. The molecular weight excluding hydrogens is 231 g/mol. The molecule has 1 heterocycles. The molecule has 1 aliphatic rings. The van der Waals surface area contributed by atoms with Crippen molar-refractivity contribution >= 4 is 0 Å². The molecule has 18 heavy (non-hydrogen) atoms. The molecule has 1 aromatic rings. The molecule has 0 bridgehead atoms. The number of ether oxygens (including phenoxy) is 1. The molecule has 1 aromatic carbocycles. The van der Waals surface area contributed by atoms with Gasteiger partial charge in [0.25, 0.3) is 0 Å². The lowest BCUT2D eigenvalue weighted by Crippen LogP contribution is -2.40. The first kappa shape index (κ1) is 13.0. The van der Waals surface area contributed by atoms with E-state index in [1.807, 2.05) is 0 Å². The molecule has 0 amide bonds. The van der Waals surface area contributed by atoms with E-state index in [4.69, 9.17) is 10.00 Å². The van der Waals surface area contributed by atoms with Gasteiger partial charge in [-0.15, -0.1) is 0 Å². The summed E-state index contributed by atoms with van der Waals surface area (Å²) in [5.74, 6) is 0.160. The maximum atomic E-state index is 13.1. The van der Waals surface area contributed by atoms with E-state index in [0.717, 1.165) is 19.5 Å². The smallest absolute Gasteiger partial charge is 0.123 e. The van der Waals surface area contributed by atoms with Crippen LogP contribution in [0.4, 0.5) is 4.39 Å². The molecule has 2 unspecified atom stereocenters. The van der Waals surface area contributed by atoms with Crippen LogP contribution in [0.2, 0.25) is 0 Å². The van der Waals surface area contributed by atoms with E-state index >= 15 is 0 Å². The van der Waals surface area contributed by atoms with Crippen molar-refractivity contribution in [3.8, 4) is 6.07 Å². The highest BCUT2D eigenvalue weighted by Gasteiger charge is 2.21. The van der Waals surface area contributed by atoms with Crippen LogP contribution in [0.5, 0.6) is 0 Å². The molecule has 96 valence electrons. The molecule has 2 rings (SSSR count). The van der Waals surface area contributed by atoms with Gasteiger partial charge in [0, 0.05) is 6.54 Å². The van der Waals surface area contributed by atoms with Gasteiger partial charge in [0.2, 0.25) is 0 Å². The molecule has 1 saturated heterocycles. The van der Waals surface area contributed by atoms with Crippen molar-refractivity contribution < 1.29 is 9.13 Å². The summed E-state index contributed by atoms with van der Waals surface area (Å²) in [6.07, 6.45) is 1.22. The van der Waals surface area contributed by atoms with Gasteiger partial charge in [0.1, 0.15) is 5.82 Å². The van der Waals surface area contributed by atoms with E-state index in [0.29, 0.717) is 17.0 Å². The van der Waals surface area contributed by atoms with E-state index < -0.39 is 0 Å². The minimum absolute atomic E-state index is 0.133. The number of rotatable bonds is 3. The first-order valence-electron chi connectivity index (χ1n) is 6.21. The Morgan fingerprint density at radius 1 is 1.56 bits per heavy atom. The van der Waals surface area contributed by atoms with E-state index in [-0.39, 0.29) is 18.5 Å². The second-order valence-electron chi connectivity index (χ2n) is 4.73. The summed E-state index contributed by atoms with van der Waals surface area (Å²) in [5.41, 5.74) is 1.10. The van der Waals surface area contributed by atoms with Crippen LogP contribution in [0, 0.1) is 23.1 Å². The lowest BCUT2D eigenvalue weighted by molar-refractivity contribution is -0.00674. The Balaban J connectivity index is 2.01. The highest BCUT2D eigenvalue weighted by atomic mass is 19.1. The van der Waals surface area contributed by atoms with Gasteiger partial charge in [0.15, 0.2) is 0 Å². The minimum atomic E-state index is -0.331. The summed E-state index contributed by atoms with van der Waals surface area (Å²) in [5, 5.41) is 12.2. The number of hydrogen-bond donors (Lipinski definition) is 1. The van der Waals surface area contributed by atoms with E-state index in [1.54, 1.807) is 0 Å². The third-order valence-corrected chi connectivity index (χ3v) is 3.40. The Morgan fingerprint density at radius 3 is 3.11 bits per heavy atom. The molecule has 2 atom stereocenters. The second-order valence-corrected chi connectivity index (χ2v) is 4.73. The average molecular weight is 248 g/mol. The van der Waals surface area contributed by atoms with Gasteiger partial charge in [-0.05, 0) is 42.6 Å². The van der Waals surface area contributed by atoms with Crippen molar-refractivity contribution in [1.29, 1.82) is 5.26 Å².